The molecule has 0 fully saturated rings. The molecule has 0 atom stereocenters. The Balaban J connectivity index is 2.38. The molecule has 1 heterocycles. The highest BCUT2D eigenvalue weighted by Crippen LogP contribution is 2.30. The van der Waals surface area contributed by atoms with Crippen LogP contribution in [0.5, 0.6) is 5.75 Å². The minimum atomic E-state index is -3.85. The molecule has 2 rings (SSSR count). The highest BCUT2D eigenvalue weighted by Gasteiger charge is 2.19. The summed E-state index contributed by atoms with van der Waals surface area (Å²) < 4.78 is 31.8. The van der Waals surface area contributed by atoms with Gasteiger partial charge in [0, 0.05) is 6.07 Å². The van der Waals surface area contributed by atoms with E-state index in [0.717, 1.165) is 0 Å². The van der Waals surface area contributed by atoms with Crippen molar-refractivity contribution < 1.29 is 13.2 Å². The van der Waals surface area contributed by atoms with Gasteiger partial charge in [-0.2, -0.15) is 0 Å². The Bertz CT molecular complexity index is 735. The monoisotopic (exact) mass is 332 g/mol. The van der Waals surface area contributed by atoms with Crippen LogP contribution in [0.15, 0.2) is 41.6 Å². The highest BCUT2D eigenvalue weighted by molar-refractivity contribution is 7.92. The molecular weight excluding hydrogens is 323 g/mol. The number of halogens is 2. The standard InChI is InChI=1S/C12H10Cl2N2O3S/c1-19-9-5-8(6-15-7-9)16-20(17,18)11-4-2-3-10(13)12(11)14/h2-7,16H,1H3. The third-order valence-corrected chi connectivity index (χ3v) is 4.76. The van der Waals surface area contributed by atoms with Crippen LogP contribution in [-0.4, -0.2) is 20.5 Å². The van der Waals surface area contributed by atoms with Crippen LogP contribution in [0.25, 0.3) is 0 Å². The predicted octanol–water partition coefficient (Wildman–Crippen LogP) is 3.20. The van der Waals surface area contributed by atoms with Gasteiger partial charge in [-0.15, -0.1) is 0 Å². The van der Waals surface area contributed by atoms with Crippen molar-refractivity contribution in [2.45, 2.75) is 4.90 Å². The van der Waals surface area contributed by atoms with E-state index in [4.69, 9.17) is 27.9 Å². The molecule has 0 spiro atoms. The Hall–Kier alpha value is -1.50. The summed E-state index contributed by atoms with van der Waals surface area (Å²) in [6.45, 7) is 0. The minimum absolute atomic E-state index is 0.0301. The van der Waals surface area contributed by atoms with Crippen LogP contribution < -0.4 is 9.46 Å². The smallest absolute Gasteiger partial charge is 0.263 e. The van der Waals surface area contributed by atoms with Crippen LogP contribution in [-0.2, 0) is 10.0 Å². The topological polar surface area (TPSA) is 68.3 Å². The number of methoxy groups -OCH3 is 1. The summed E-state index contributed by atoms with van der Waals surface area (Å²) in [5, 5.41) is 0.135. The molecule has 0 aliphatic heterocycles. The van der Waals surface area contributed by atoms with Crippen LogP contribution in [0.4, 0.5) is 5.69 Å². The number of sulfonamides is 1. The van der Waals surface area contributed by atoms with Crippen LogP contribution in [0.1, 0.15) is 0 Å². The first-order chi connectivity index (χ1) is 9.44. The van der Waals surface area contributed by atoms with E-state index in [1.165, 1.54) is 43.8 Å². The summed E-state index contributed by atoms with van der Waals surface area (Å²) in [6, 6.07) is 5.88. The Kier molecular flexibility index (Phi) is 4.37. The van der Waals surface area contributed by atoms with E-state index in [1.807, 2.05) is 0 Å². The molecule has 1 aromatic heterocycles. The van der Waals surface area contributed by atoms with E-state index in [0.29, 0.717) is 5.75 Å². The Morgan fingerprint density at radius 3 is 2.70 bits per heavy atom. The predicted molar refractivity (Wildman–Crippen MR) is 78.1 cm³/mol. The third kappa shape index (κ3) is 3.15. The highest BCUT2D eigenvalue weighted by atomic mass is 35.5. The van der Waals surface area contributed by atoms with E-state index < -0.39 is 10.0 Å². The average Bonchev–Trinajstić information content (AvgIpc) is 2.41. The van der Waals surface area contributed by atoms with Gasteiger partial charge in [0.05, 0.1) is 35.2 Å². The molecule has 0 radical (unpaired) electrons. The fourth-order valence-corrected chi connectivity index (χ4v) is 3.28. The molecule has 2 aromatic rings. The molecule has 1 aromatic carbocycles. The van der Waals surface area contributed by atoms with Crippen molar-refractivity contribution in [3.63, 3.8) is 0 Å². The summed E-state index contributed by atoms with van der Waals surface area (Å²) >= 11 is 11.7. The van der Waals surface area contributed by atoms with Gasteiger partial charge >= 0.3 is 0 Å². The van der Waals surface area contributed by atoms with E-state index in [2.05, 4.69) is 9.71 Å². The molecule has 0 saturated carbocycles. The van der Waals surface area contributed by atoms with E-state index in [-0.39, 0.29) is 20.6 Å². The molecule has 0 aliphatic carbocycles. The lowest BCUT2D eigenvalue weighted by molar-refractivity contribution is 0.413. The van der Waals surface area contributed by atoms with Crippen molar-refractivity contribution >= 4 is 38.9 Å². The molecule has 0 bridgehead atoms. The quantitative estimate of drug-likeness (QED) is 0.933. The second-order valence-electron chi connectivity index (χ2n) is 3.77. The van der Waals surface area contributed by atoms with Crippen molar-refractivity contribution in [3.05, 3.63) is 46.7 Å². The number of nitrogens with one attached hydrogen (secondary N) is 1. The number of hydrogen-bond donors (Lipinski definition) is 1. The van der Waals surface area contributed by atoms with E-state index >= 15 is 0 Å². The van der Waals surface area contributed by atoms with Crippen molar-refractivity contribution in [3.8, 4) is 5.75 Å². The van der Waals surface area contributed by atoms with E-state index in [9.17, 15) is 8.42 Å². The lowest BCUT2D eigenvalue weighted by Crippen LogP contribution is -2.13. The number of pyridine rings is 1. The molecule has 0 unspecified atom stereocenters. The number of rotatable bonds is 4. The summed E-state index contributed by atoms with van der Waals surface area (Å²) in [5.74, 6) is 0.433. The van der Waals surface area contributed by atoms with Gasteiger partial charge in [0.15, 0.2) is 0 Å². The van der Waals surface area contributed by atoms with Crippen LogP contribution in [0.2, 0.25) is 10.0 Å². The molecule has 1 N–H and O–H groups in total. The fourth-order valence-electron chi connectivity index (χ4n) is 1.49. The van der Waals surface area contributed by atoms with Crippen LogP contribution in [0.3, 0.4) is 0 Å². The van der Waals surface area contributed by atoms with Gasteiger partial charge in [0.1, 0.15) is 10.6 Å². The maximum atomic E-state index is 12.3. The van der Waals surface area contributed by atoms with Crippen molar-refractivity contribution in [2.75, 3.05) is 11.8 Å². The zero-order chi connectivity index (χ0) is 14.8. The van der Waals surface area contributed by atoms with Gasteiger partial charge in [-0.1, -0.05) is 29.3 Å². The van der Waals surface area contributed by atoms with Crippen molar-refractivity contribution in [1.82, 2.24) is 4.98 Å². The zero-order valence-corrected chi connectivity index (χ0v) is 12.6. The van der Waals surface area contributed by atoms with Gasteiger partial charge in [-0.05, 0) is 12.1 Å². The summed E-state index contributed by atoms with van der Waals surface area (Å²) in [5.41, 5.74) is 0.264. The van der Waals surface area contributed by atoms with Gasteiger partial charge < -0.3 is 4.74 Å². The van der Waals surface area contributed by atoms with E-state index in [1.54, 1.807) is 0 Å². The molecule has 0 saturated heterocycles. The van der Waals surface area contributed by atoms with Crippen molar-refractivity contribution in [2.24, 2.45) is 0 Å². The van der Waals surface area contributed by atoms with Gasteiger partial charge in [-0.25, -0.2) is 8.42 Å². The van der Waals surface area contributed by atoms with Gasteiger partial charge in [-0.3, -0.25) is 9.71 Å². The third-order valence-electron chi connectivity index (χ3n) is 2.41. The Labute approximate surface area is 126 Å². The first kappa shape index (κ1) is 14.9. The van der Waals surface area contributed by atoms with Crippen LogP contribution in [0, 0.1) is 0 Å². The fraction of sp³-hybridized carbons (Fsp3) is 0.0833. The summed E-state index contributed by atoms with van der Waals surface area (Å²) in [4.78, 5) is 3.76. The zero-order valence-electron chi connectivity index (χ0n) is 10.3. The Morgan fingerprint density at radius 1 is 1.25 bits per heavy atom. The normalized spacial score (nSPS) is 11.2. The lowest BCUT2D eigenvalue weighted by Gasteiger charge is -2.10. The number of anilines is 1. The van der Waals surface area contributed by atoms with Gasteiger partial charge in [0.2, 0.25) is 0 Å². The lowest BCUT2D eigenvalue weighted by atomic mass is 10.4. The van der Waals surface area contributed by atoms with Crippen LogP contribution >= 0.6 is 23.2 Å². The molecule has 5 nitrogen and oxygen atoms in total. The number of hydrogen-bond acceptors (Lipinski definition) is 4. The number of aromatic nitrogens is 1. The maximum absolute atomic E-state index is 12.3. The van der Waals surface area contributed by atoms with Gasteiger partial charge in [0.25, 0.3) is 10.0 Å². The summed E-state index contributed by atoms with van der Waals surface area (Å²) in [6.07, 6.45) is 2.82. The number of benzene rings is 1. The second kappa shape index (κ2) is 5.87. The molecular formula is C12H10Cl2N2O3S. The number of nitrogens with zero attached hydrogens (tertiary/aromatic N) is 1. The molecule has 20 heavy (non-hydrogen) atoms. The SMILES string of the molecule is COc1cncc(NS(=O)(=O)c2cccc(Cl)c2Cl)c1. The average molecular weight is 333 g/mol. The summed E-state index contributed by atoms with van der Waals surface area (Å²) in [7, 11) is -2.39. The first-order valence-electron chi connectivity index (χ1n) is 5.40. The molecule has 0 amide bonds. The minimum Gasteiger partial charge on any atom is -0.495 e. The van der Waals surface area contributed by atoms with Crippen molar-refractivity contribution in [1.29, 1.82) is 0 Å². The molecule has 0 aliphatic rings. The largest absolute Gasteiger partial charge is 0.495 e. The molecule has 8 heteroatoms. The Morgan fingerprint density at radius 2 is 2.00 bits per heavy atom. The maximum Gasteiger partial charge on any atom is 0.263 e. The number of ether oxygens (including phenoxy) is 1. The second-order valence-corrected chi connectivity index (χ2v) is 6.21. The first-order valence-corrected chi connectivity index (χ1v) is 7.64. The molecule has 106 valence electrons.